The van der Waals surface area contributed by atoms with Crippen molar-refractivity contribution in [1.29, 1.82) is 0 Å². The average Bonchev–Trinajstić information content (AvgIpc) is 2.57. The Hall–Kier alpha value is -0.540. The summed E-state index contributed by atoms with van der Waals surface area (Å²) in [6, 6.07) is 0.548. The largest absolute Gasteiger partial charge is 0.316 e. The molecule has 0 amide bonds. The Morgan fingerprint density at radius 3 is 2.88 bits per heavy atom. The number of aromatic nitrogens is 2. The minimum Gasteiger partial charge on any atom is -0.316 e. The first-order chi connectivity index (χ1) is 7.66. The molecule has 2 rings (SSSR count). The molecule has 1 heterocycles. The summed E-state index contributed by atoms with van der Waals surface area (Å²) in [5.41, 5.74) is 0. The van der Waals surface area contributed by atoms with E-state index in [9.17, 15) is 0 Å². The minimum atomic E-state index is 0.548. The number of nitrogens with one attached hydrogen (secondary N) is 1. The monoisotopic (exact) mass is 241 g/mol. The fraction of sp³-hybridized carbons (Fsp3) is 0.750. The van der Waals surface area contributed by atoms with E-state index in [1.54, 1.807) is 6.20 Å². The van der Waals surface area contributed by atoms with Crippen molar-refractivity contribution >= 4 is 11.6 Å². The lowest BCUT2D eigenvalue weighted by molar-refractivity contribution is 0.162. The second-order valence-corrected chi connectivity index (χ2v) is 5.53. The Morgan fingerprint density at radius 2 is 2.38 bits per heavy atom. The van der Waals surface area contributed by atoms with Crippen LogP contribution in [-0.4, -0.2) is 22.9 Å². The molecule has 1 N–H and O–H groups in total. The second-order valence-electron chi connectivity index (χ2n) is 5.10. The highest BCUT2D eigenvalue weighted by atomic mass is 35.5. The Morgan fingerprint density at radius 1 is 1.56 bits per heavy atom. The van der Waals surface area contributed by atoms with Gasteiger partial charge in [-0.15, -0.1) is 0 Å². The molecule has 1 aliphatic carbocycles. The Bertz CT molecular complexity index is 335. The van der Waals surface area contributed by atoms with Gasteiger partial charge < -0.3 is 5.32 Å². The van der Waals surface area contributed by atoms with Crippen LogP contribution in [0, 0.1) is 11.8 Å². The molecule has 0 saturated heterocycles. The van der Waals surface area contributed by atoms with E-state index in [-0.39, 0.29) is 0 Å². The van der Waals surface area contributed by atoms with Crippen molar-refractivity contribution in [1.82, 2.24) is 15.1 Å². The summed E-state index contributed by atoms with van der Waals surface area (Å²) in [6.45, 7) is 6.67. The van der Waals surface area contributed by atoms with E-state index in [1.807, 2.05) is 10.9 Å². The van der Waals surface area contributed by atoms with Crippen molar-refractivity contribution in [3.63, 3.8) is 0 Å². The van der Waals surface area contributed by atoms with Crippen LogP contribution in [0.5, 0.6) is 0 Å². The van der Waals surface area contributed by atoms with Crippen LogP contribution >= 0.6 is 11.6 Å². The molecule has 2 unspecified atom stereocenters. The number of hydrogen-bond acceptors (Lipinski definition) is 2. The number of halogens is 1. The molecule has 0 aliphatic heterocycles. The van der Waals surface area contributed by atoms with Gasteiger partial charge in [0.15, 0.2) is 0 Å². The third-order valence-electron chi connectivity index (χ3n) is 3.25. The fourth-order valence-corrected chi connectivity index (χ4v) is 2.34. The molecule has 1 fully saturated rings. The SMILES string of the molecule is CC(C)CNCC1CCC1n1cc(Cl)cn1. The van der Waals surface area contributed by atoms with E-state index >= 15 is 0 Å². The number of rotatable bonds is 5. The van der Waals surface area contributed by atoms with Crippen LogP contribution in [0.2, 0.25) is 5.02 Å². The van der Waals surface area contributed by atoms with Crippen LogP contribution in [0.1, 0.15) is 32.7 Å². The summed E-state index contributed by atoms with van der Waals surface area (Å²) in [6.07, 6.45) is 6.18. The van der Waals surface area contributed by atoms with Gasteiger partial charge in [-0.25, -0.2) is 0 Å². The summed E-state index contributed by atoms with van der Waals surface area (Å²) in [4.78, 5) is 0. The van der Waals surface area contributed by atoms with Crippen LogP contribution in [-0.2, 0) is 0 Å². The van der Waals surface area contributed by atoms with Gasteiger partial charge in [-0.1, -0.05) is 25.4 Å². The lowest BCUT2D eigenvalue weighted by atomic mass is 9.79. The van der Waals surface area contributed by atoms with Crippen molar-refractivity contribution < 1.29 is 0 Å². The molecule has 0 bridgehead atoms. The summed E-state index contributed by atoms with van der Waals surface area (Å²) < 4.78 is 2.02. The zero-order chi connectivity index (χ0) is 11.5. The zero-order valence-corrected chi connectivity index (χ0v) is 10.7. The topological polar surface area (TPSA) is 29.9 Å². The normalized spacial score (nSPS) is 24.8. The van der Waals surface area contributed by atoms with Gasteiger partial charge in [-0.3, -0.25) is 4.68 Å². The number of hydrogen-bond donors (Lipinski definition) is 1. The second kappa shape index (κ2) is 5.19. The maximum atomic E-state index is 5.88. The summed E-state index contributed by atoms with van der Waals surface area (Å²) in [7, 11) is 0. The van der Waals surface area contributed by atoms with Gasteiger partial charge in [0.25, 0.3) is 0 Å². The van der Waals surface area contributed by atoms with Crippen molar-refractivity contribution in [3.8, 4) is 0 Å². The minimum absolute atomic E-state index is 0.548. The zero-order valence-electron chi connectivity index (χ0n) is 9.99. The van der Waals surface area contributed by atoms with E-state index in [4.69, 9.17) is 11.6 Å². The van der Waals surface area contributed by atoms with E-state index in [0.29, 0.717) is 6.04 Å². The molecule has 1 saturated carbocycles. The van der Waals surface area contributed by atoms with E-state index in [0.717, 1.165) is 29.9 Å². The van der Waals surface area contributed by atoms with Crippen LogP contribution in [0.4, 0.5) is 0 Å². The van der Waals surface area contributed by atoms with Gasteiger partial charge in [-0.2, -0.15) is 5.10 Å². The summed E-state index contributed by atoms with van der Waals surface area (Å²) in [5.74, 6) is 1.44. The maximum Gasteiger partial charge on any atom is 0.0785 e. The molecular formula is C12H20ClN3. The Balaban J connectivity index is 1.80. The third kappa shape index (κ3) is 2.77. The predicted octanol–water partition coefficient (Wildman–Crippen LogP) is 2.73. The van der Waals surface area contributed by atoms with E-state index in [1.165, 1.54) is 12.8 Å². The molecule has 2 atom stereocenters. The lowest BCUT2D eigenvalue weighted by Crippen LogP contribution is -2.38. The van der Waals surface area contributed by atoms with Crippen molar-refractivity contribution in [2.24, 2.45) is 11.8 Å². The van der Waals surface area contributed by atoms with Crippen LogP contribution in [0.15, 0.2) is 12.4 Å². The van der Waals surface area contributed by atoms with Gasteiger partial charge in [0, 0.05) is 12.7 Å². The average molecular weight is 242 g/mol. The first-order valence-electron chi connectivity index (χ1n) is 6.07. The molecule has 1 aromatic rings. The Labute approximate surface area is 102 Å². The quantitative estimate of drug-likeness (QED) is 0.859. The smallest absolute Gasteiger partial charge is 0.0785 e. The molecule has 0 aromatic carbocycles. The number of nitrogens with zero attached hydrogens (tertiary/aromatic N) is 2. The highest BCUT2D eigenvalue weighted by Gasteiger charge is 2.32. The highest BCUT2D eigenvalue weighted by molar-refractivity contribution is 6.30. The molecule has 3 nitrogen and oxygen atoms in total. The van der Waals surface area contributed by atoms with Crippen molar-refractivity contribution in [2.75, 3.05) is 13.1 Å². The van der Waals surface area contributed by atoms with E-state index in [2.05, 4.69) is 24.3 Å². The third-order valence-corrected chi connectivity index (χ3v) is 3.44. The van der Waals surface area contributed by atoms with Gasteiger partial charge in [0.05, 0.1) is 17.3 Å². The standard InChI is InChI=1S/C12H20ClN3/c1-9(2)5-14-6-10-3-4-12(10)16-8-11(13)7-15-16/h7-10,12,14H,3-6H2,1-2H3. The highest BCUT2D eigenvalue weighted by Crippen LogP contribution is 2.37. The van der Waals surface area contributed by atoms with E-state index < -0.39 is 0 Å². The van der Waals surface area contributed by atoms with Gasteiger partial charge in [0.2, 0.25) is 0 Å². The molecule has 1 aromatic heterocycles. The molecule has 4 heteroatoms. The first kappa shape index (κ1) is 11.9. The summed E-state index contributed by atoms with van der Waals surface area (Å²) >= 11 is 5.88. The van der Waals surface area contributed by atoms with Gasteiger partial charge >= 0.3 is 0 Å². The molecule has 0 radical (unpaired) electrons. The molecular weight excluding hydrogens is 222 g/mol. The molecule has 1 aliphatic rings. The van der Waals surface area contributed by atoms with Gasteiger partial charge in [0.1, 0.15) is 0 Å². The molecule has 0 spiro atoms. The van der Waals surface area contributed by atoms with Crippen LogP contribution in [0.25, 0.3) is 0 Å². The Kier molecular flexibility index (Phi) is 3.87. The van der Waals surface area contributed by atoms with Crippen LogP contribution < -0.4 is 5.32 Å². The maximum absolute atomic E-state index is 5.88. The molecule has 90 valence electrons. The first-order valence-corrected chi connectivity index (χ1v) is 6.45. The lowest BCUT2D eigenvalue weighted by Gasteiger charge is -2.37. The fourth-order valence-electron chi connectivity index (χ4n) is 2.19. The van der Waals surface area contributed by atoms with Crippen molar-refractivity contribution in [3.05, 3.63) is 17.4 Å². The summed E-state index contributed by atoms with van der Waals surface area (Å²) in [5, 5.41) is 8.54. The van der Waals surface area contributed by atoms with Gasteiger partial charge in [-0.05, 0) is 31.2 Å². The van der Waals surface area contributed by atoms with Crippen LogP contribution in [0.3, 0.4) is 0 Å². The predicted molar refractivity (Wildman–Crippen MR) is 66.7 cm³/mol. The van der Waals surface area contributed by atoms with Crippen molar-refractivity contribution in [2.45, 2.75) is 32.7 Å². The molecule has 16 heavy (non-hydrogen) atoms.